The molecule has 0 spiro atoms. The van der Waals surface area contributed by atoms with Crippen LogP contribution in [0.25, 0.3) is 5.57 Å². The number of ether oxygens (including phenoxy) is 2. The van der Waals surface area contributed by atoms with Crippen molar-refractivity contribution in [2.75, 3.05) is 33.0 Å². The van der Waals surface area contributed by atoms with Crippen LogP contribution in [-0.4, -0.2) is 48.7 Å². The molecule has 2 aromatic rings. The second kappa shape index (κ2) is 7.84. The third kappa shape index (κ3) is 4.14. The van der Waals surface area contributed by atoms with Crippen LogP contribution in [0.15, 0.2) is 54.6 Å². The van der Waals surface area contributed by atoms with Crippen LogP contribution in [0.2, 0.25) is 0 Å². The van der Waals surface area contributed by atoms with E-state index in [-0.39, 0.29) is 5.91 Å². The Morgan fingerprint density at radius 2 is 1.74 bits per heavy atom. The van der Waals surface area contributed by atoms with Crippen molar-refractivity contribution in [1.82, 2.24) is 9.80 Å². The molecule has 2 aliphatic rings. The molecule has 1 amide bonds. The fraction of sp³-hybridized carbons (Fsp3) is 0.318. The molecule has 2 aliphatic heterocycles. The first-order valence-corrected chi connectivity index (χ1v) is 9.32. The average molecular weight is 364 g/mol. The second-order valence-electron chi connectivity index (χ2n) is 6.98. The van der Waals surface area contributed by atoms with Crippen LogP contribution in [0.4, 0.5) is 0 Å². The first-order chi connectivity index (χ1) is 13.2. The Bertz CT molecular complexity index is 840. The lowest BCUT2D eigenvalue weighted by Crippen LogP contribution is -2.47. The van der Waals surface area contributed by atoms with Crippen LogP contribution in [0.3, 0.4) is 0 Å². The maximum atomic E-state index is 12.6. The van der Waals surface area contributed by atoms with Crippen molar-refractivity contribution >= 4 is 11.5 Å². The summed E-state index contributed by atoms with van der Waals surface area (Å²) in [6.45, 7) is 6.40. The van der Waals surface area contributed by atoms with Crippen molar-refractivity contribution in [1.29, 1.82) is 0 Å². The Balaban J connectivity index is 1.31. The molecular weight excluding hydrogens is 340 g/mol. The zero-order chi connectivity index (χ0) is 18.6. The van der Waals surface area contributed by atoms with Crippen LogP contribution in [0.5, 0.6) is 11.5 Å². The number of hydrogen-bond acceptors (Lipinski definition) is 4. The summed E-state index contributed by atoms with van der Waals surface area (Å²) in [6, 6.07) is 16.1. The maximum absolute atomic E-state index is 12.6. The highest BCUT2D eigenvalue weighted by Gasteiger charge is 2.21. The van der Waals surface area contributed by atoms with Gasteiger partial charge in [-0.1, -0.05) is 36.4 Å². The van der Waals surface area contributed by atoms with E-state index in [1.807, 2.05) is 54.3 Å². The van der Waals surface area contributed by atoms with Crippen LogP contribution in [0, 0.1) is 0 Å². The third-order valence-corrected chi connectivity index (χ3v) is 5.10. The molecular formula is C22H24N2O3. The number of carbonyl (C=O) groups is 1. The fourth-order valence-corrected chi connectivity index (χ4v) is 3.48. The van der Waals surface area contributed by atoms with Crippen LogP contribution < -0.4 is 9.47 Å². The van der Waals surface area contributed by atoms with Crippen LogP contribution in [-0.2, 0) is 11.3 Å². The molecule has 1 fully saturated rings. The first-order valence-electron chi connectivity index (χ1n) is 9.32. The molecule has 0 bridgehead atoms. The largest absolute Gasteiger partial charge is 0.454 e. The lowest BCUT2D eigenvalue weighted by molar-refractivity contribution is -0.127. The van der Waals surface area contributed by atoms with Gasteiger partial charge in [0.1, 0.15) is 0 Å². The van der Waals surface area contributed by atoms with Crippen molar-refractivity contribution in [2.45, 2.75) is 13.5 Å². The summed E-state index contributed by atoms with van der Waals surface area (Å²) in [6.07, 6.45) is 1.75. The standard InChI is InChI=1S/C22H24N2O3/c1-17(19-5-3-2-4-6-19)13-22(25)24-11-9-23(10-12-24)15-18-7-8-20-21(14-18)27-16-26-20/h2-8,13-14H,9-12,15-16H2,1H3/b17-13+. The van der Waals surface area contributed by atoms with E-state index in [4.69, 9.17) is 9.47 Å². The van der Waals surface area contributed by atoms with E-state index in [9.17, 15) is 4.79 Å². The predicted octanol–water partition coefficient (Wildman–Crippen LogP) is 3.16. The van der Waals surface area contributed by atoms with Gasteiger partial charge in [-0.05, 0) is 35.8 Å². The number of fused-ring (bicyclic) bond motifs is 1. The highest BCUT2D eigenvalue weighted by atomic mass is 16.7. The Morgan fingerprint density at radius 1 is 1.00 bits per heavy atom. The van der Waals surface area contributed by atoms with Crippen molar-refractivity contribution in [3.8, 4) is 11.5 Å². The summed E-state index contributed by atoms with van der Waals surface area (Å²) < 4.78 is 10.8. The zero-order valence-corrected chi connectivity index (χ0v) is 15.6. The Kier molecular flexibility index (Phi) is 5.12. The number of amides is 1. The molecule has 0 unspecified atom stereocenters. The Labute approximate surface area is 159 Å². The summed E-state index contributed by atoms with van der Waals surface area (Å²) in [5.74, 6) is 1.73. The minimum atomic E-state index is 0.0964. The summed E-state index contributed by atoms with van der Waals surface area (Å²) in [5.41, 5.74) is 3.30. The van der Waals surface area contributed by atoms with Gasteiger partial charge < -0.3 is 14.4 Å². The van der Waals surface area contributed by atoms with Gasteiger partial charge in [0.05, 0.1) is 0 Å². The normalized spacial score (nSPS) is 17.2. The summed E-state index contributed by atoms with van der Waals surface area (Å²) in [7, 11) is 0. The SMILES string of the molecule is C/C(=C\C(=O)N1CCN(Cc2ccc3c(c2)OCO3)CC1)c1ccccc1. The number of allylic oxidation sites excluding steroid dienone is 1. The van der Waals surface area contributed by atoms with Gasteiger partial charge in [0.2, 0.25) is 12.7 Å². The summed E-state index contributed by atoms with van der Waals surface area (Å²) in [4.78, 5) is 16.9. The van der Waals surface area contributed by atoms with Gasteiger partial charge >= 0.3 is 0 Å². The number of piperazine rings is 1. The minimum absolute atomic E-state index is 0.0964. The molecule has 0 atom stereocenters. The second-order valence-corrected chi connectivity index (χ2v) is 6.98. The molecule has 0 saturated carbocycles. The monoisotopic (exact) mass is 364 g/mol. The van der Waals surface area contributed by atoms with Crippen molar-refractivity contribution in [3.63, 3.8) is 0 Å². The summed E-state index contributed by atoms with van der Waals surface area (Å²) in [5, 5.41) is 0. The van der Waals surface area contributed by atoms with Gasteiger partial charge in [-0.15, -0.1) is 0 Å². The fourth-order valence-electron chi connectivity index (χ4n) is 3.48. The highest BCUT2D eigenvalue weighted by Crippen LogP contribution is 2.32. The van der Waals surface area contributed by atoms with E-state index in [1.54, 1.807) is 6.08 Å². The number of rotatable bonds is 4. The molecule has 5 heteroatoms. The Morgan fingerprint density at radius 3 is 2.52 bits per heavy atom. The van der Waals surface area contributed by atoms with E-state index in [1.165, 1.54) is 5.56 Å². The topological polar surface area (TPSA) is 42.0 Å². The first kappa shape index (κ1) is 17.6. The van der Waals surface area contributed by atoms with Gasteiger partial charge in [0.15, 0.2) is 11.5 Å². The van der Waals surface area contributed by atoms with E-state index in [0.29, 0.717) is 6.79 Å². The number of benzene rings is 2. The number of hydrogen-bond donors (Lipinski definition) is 0. The van der Waals surface area contributed by atoms with Gasteiger partial charge in [-0.25, -0.2) is 0 Å². The smallest absolute Gasteiger partial charge is 0.246 e. The summed E-state index contributed by atoms with van der Waals surface area (Å²) >= 11 is 0. The molecule has 1 saturated heterocycles. The predicted molar refractivity (Wildman–Crippen MR) is 105 cm³/mol. The van der Waals surface area contributed by atoms with Gasteiger partial charge in [-0.3, -0.25) is 9.69 Å². The zero-order valence-electron chi connectivity index (χ0n) is 15.6. The highest BCUT2D eigenvalue weighted by molar-refractivity contribution is 5.94. The van der Waals surface area contributed by atoms with Gasteiger partial charge in [0, 0.05) is 38.8 Å². The molecule has 5 nitrogen and oxygen atoms in total. The molecule has 4 rings (SSSR count). The van der Waals surface area contributed by atoms with Gasteiger partial charge in [-0.2, -0.15) is 0 Å². The molecule has 2 aromatic carbocycles. The van der Waals surface area contributed by atoms with Crippen molar-refractivity contribution in [3.05, 3.63) is 65.7 Å². The lowest BCUT2D eigenvalue weighted by Gasteiger charge is -2.34. The van der Waals surface area contributed by atoms with E-state index in [0.717, 1.165) is 55.4 Å². The molecule has 0 N–H and O–H groups in total. The molecule has 0 radical (unpaired) electrons. The Hall–Kier alpha value is -2.79. The van der Waals surface area contributed by atoms with E-state index in [2.05, 4.69) is 11.0 Å². The maximum Gasteiger partial charge on any atom is 0.246 e. The van der Waals surface area contributed by atoms with Crippen LogP contribution >= 0.6 is 0 Å². The van der Waals surface area contributed by atoms with Crippen molar-refractivity contribution in [2.24, 2.45) is 0 Å². The van der Waals surface area contributed by atoms with E-state index < -0.39 is 0 Å². The molecule has 140 valence electrons. The van der Waals surface area contributed by atoms with Crippen LogP contribution in [0.1, 0.15) is 18.1 Å². The molecule has 2 heterocycles. The van der Waals surface area contributed by atoms with Gasteiger partial charge in [0.25, 0.3) is 0 Å². The quantitative estimate of drug-likeness (QED) is 0.782. The van der Waals surface area contributed by atoms with E-state index >= 15 is 0 Å². The molecule has 0 aromatic heterocycles. The number of carbonyl (C=O) groups excluding carboxylic acids is 1. The third-order valence-electron chi connectivity index (χ3n) is 5.10. The van der Waals surface area contributed by atoms with Crippen molar-refractivity contribution < 1.29 is 14.3 Å². The molecule has 27 heavy (non-hydrogen) atoms. The average Bonchev–Trinajstić information content (AvgIpc) is 3.17. The number of nitrogens with zero attached hydrogens (tertiary/aromatic N) is 2. The minimum Gasteiger partial charge on any atom is -0.454 e. The molecule has 0 aliphatic carbocycles. The lowest BCUT2D eigenvalue weighted by atomic mass is 10.1.